The van der Waals surface area contributed by atoms with E-state index in [-0.39, 0.29) is 0 Å². The Morgan fingerprint density at radius 3 is 1.03 bits per heavy atom. The molecule has 0 radical (unpaired) electrons. The summed E-state index contributed by atoms with van der Waals surface area (Å²) < 4.78 is 38.4. The highest BCUT2D eigenvalue weighted by Crippen LogP contribution is 2.16. The fraction of sp³-hybridized carbons (Fsp3) is 1.00. The number of nitrogens with zero attached hydrogens (tertiary/aromatic N) is 2. The molecule has 0 fully saturated rings. The van der Waals surface area contributed by atoms with Crippen LogP contribution in [-0.4, -0.2) is 93.9 Å². The van der Waals surface area contributed by atoms with Crippen molar-refractivity contribution in [2.24, 2.45) is 0 Å². The zero-order valence-electron chi connectivity index (χ0n) is 20.7. The molecule has 0 aliphatic carbocycles. The van der Waals surface area contributed by atoms with E-state index in [2.05, 4.69) is 18.4 Å². The molecule has 0 rings (SSSR count). The molecule has 0 aromatic rings. The minimum Gasteiger partial charge on any atom is -0.361 e. The van der Waals surface area contributed by atoms with Gasteiger partial charge in [0, 0.05) is 39.6 Å². The molecule has 0 saturated heterocycles. The Morgan fingerprint density at radius 2 is 0.828 bits per heavy atom. The van der Waals surface area contributed by atoms with E-state index in [9.17, 15) is 0 Å². The Labute approximate surface area is 182 Å². The predicted molar refractivity (Wildman–Crippen MR) is 122 cm³/mol. The Kier molecular flexibility index (Phi) is 20.3. The van der Waals surface area contributed by atoms with Crippen molar-refractivity contribution < 1.29 is 26.6 Å². The Balaban J connectivity index is 0. The molecule has 8 nitrogen and oxygen atoms in total. The van der Waals surface area contributed by atoms with Crippen LogP contribution in [0.25, 0.3) is 0 Å². The van der Waals surface area contributed by atoms with Gasteiger partial charge in [-0.25, -0.2) is 0 Å². The maximum atomic E-state index is 5.84. The van der Waals surface area contributed by atoms with Crippen LogP contribution in [0, 0.1) is 0 Å². The minimum absolute atomic E-state index is 0.615. The first-order valence-corrected chi connectivity index (χ1v) is 14.4. The van der Waals surface area contributed by atoms with Crippen molar-refractivity contribution in [3.63, 3.8) is 0 Å². The van der Waals surface area contributed by atoms with Crippen LogP contribution >= 0.6 is 0 Å². The van der Waals surface area contributed by atoms with Crippen LogP contribution < -0.4 is 0 Å². The lowest BCUT2D eigenvalue weighted by Crippen LogP contribution is -2.61. The third-order valence-corrected chi connectivity index (χ3v) is 10.1. The smallest absolute Gasteiger partial charge is 0.361 e. The van der Waals surface area contributed by atoms with E-state index in [4.69, 9.17) is 26.6 Å². The molecule has 0 unspecified atom stereocenters. The maximum absolute atomic E-state index is 5.84. The highest BCUT2D eigenvalue weighted by atomic mass is 28.4. The molecule has 0 aliphatic rings. The van der Waals surface area contributed by atoms with Crippen molar-refractivity contribution in [3.05, 3.63) is 0 Å². The standard InChI is InChI=1S/C11H27NO3Si.C8H21NO3Si/c1-6-11-12(7-2)16(13-8-3,14-9-4)15-10-5;1-6-10-13(9(4)5,11-7-2)12-8-3/h6-11H2,1-5H3;6-8H2,1-5H3. The van der Waals surface area contributed by atoms with Crippen molar-refractivity contribution in [1.29, 1.82) is 0 Å². The van der Waals surface area contributed by atoms with E-state index in [1.807, 2.05) is 60.2 Å². The van der Waals surface area contributed by atoms with Gasteiger partial charge in [-0.05, 0) is 75.1 Å². The molecule has 0 bridgehead atoms. The van der Waals surface area contributed by atoms with E-state index < -0.39 is 17.9 Å². The summed E-state index contributed by atoms with van der Waals surface area (Å²) in [6.45, 7) is 21.7. The van der Waals surface area contributed by atoms with Gasteiger partial charge < -0.3 is 26.6 Å². The van der Waals surface area contributed by atoms with Gasteiger partial charge in [-0.2, -0.15) is 0 Å². The van der Waals surface area contributed by atoms with Crippen LogP contribution in [0.3, 0.4) is 0 Å². The molecule has 10 heteroatoms. The van der Waals surface area contributed by atoms with Crippen LogP contribution in [-0.2, 0) is 26.6 Å². The normalized spacial score (nSPS) is 12.4. The third-order valence-electron chi connectivity index (χ3n) is 3.77. The molecule has 0 aromatic heterocycles. The summed E-state index contributed by atoms with van der Waals surface area (Å²) in [6, 6.07) is 0. The van der Waals surface area contributed by atoms with Gasteiger partial charge in [-0.3, -0.25) is 9.13 Å². The van der Waals surface area contributed by atoms with Crippen LogP contribution in [0.15, 0.2) is 0 Å². The number of hydrogen-bond acceptors (Lipinski definition) is 8. The zero-order chi connectivity index (χ0) is 22.8. The Bertz CT molecular complexity index is 334. The van der Waals surface area contributed by atoms with Gasteiger partial charge in [0.15, 0.2) is 0 Å². The van der Waals surface area contributed by atoms with Gasteiger partial charge >= 0.3 is 17.9 Å². The summed E-state index contributed by atoms with van der Waals surface area (Å²) in [5, 5.41) is 0. The fourth-order valence-electron chi connectivity index (χ4n) is 2.76. The second-order valence-corrected chi connectivity index (χ2v) is 11.5. The molecule has 0 amide bonds. The number of rotatable bonds is 17. The van der Waals surface area contributed by atoms with Crippen molar-refractivity contribution in [1.82, 2.24) is 9.13 Å². The Morgan fingerprint density at radius 1 is 0.517 bits per heavy atom. The van der Waals surface area contributed by atoms with Crippen LogP contribution in [0.4, 0.5) is 0 Å². The van der Waals surface area contributed by atoms with Gasteiger partial charge in [-0.15, -0.1) is 0 Å². The van der Waals surface area contributed by atoms with Crippen LogP contribution in [0.5, 0.6) is 0 Å². The average Bonchev–Trinajstić information content (AvgIpc) is 2.67. The summed E-state index contributed by atoms with van der Waals surface area (Å²) in [4.78, 5) is 0. The second kappa shape index (κ2) is 18.8. The summed E-state index contributed by atoms with van der Waals surface area (Å²) in [5.41, 5.74) is 0. The highest BCUT2D eigenvalue weighted by Gasteiger charge is 2.47. The van der Waals surface area contributed by atoms with Gasteiger partial charge in [-0.1, -0.05) is 13.8 Å². The zero-order valence-corrected chi connectivity index (χ0v) is 22.7. The summed E-state index contributed by atoms with van der Waals surface area (Å²) >= 11 is 0. The van der Waals surface area contributed by atoms with Crippen molar-refractivity contribution in [3.8, 4) is 0 Å². The molecule has 0 aromatic carbocycles. The van der Waals surface area contributed by atoms with Gasteiger partial charge in [0.25, 0.3) is 0 Å². The summed E-state index contributed by atoms with van der Waals surface area (Å²) in [5.74, 6) is 0. The van der Waals surface area contributed by atoms with E-state index in [0.717, 1.165) is 19.5 Å². The SMILES string of the molecule is CCCN(CC)[Si](OCC)(OCC)OCC.CCO[Si](OCC)(OCC)N(C)C. The van der Waals surface area contributed by atoms with E-state index in [1.54, 1.807) is 0 Å². The number of hydrogen-bond donors (Lipinski definition) is 0. The molecule has 0 aliphatic heterocycles. The first kappa shape index (κ1) is 31.3. The highest BCUT2D eigenvalue weighted by molar-refractivity contribution is 6.57. The van der Waals surface area contributed by atoms with E-state index >= 15 is 0 Å². The van der Waals surface area contributed by atoms with E-state index in [1.165, 1.54) is 0 Å². The molecule has 0 atom stereocenters. The molecular weight excluding hydrogens is 408 g/mol. The Hall–Kier alpha value is 0.114. The summed E-state index contributed by atoms with van der Waals surface area (Å²) in [7, 11) is -1.30. The average molecular weight is 457 g/mol. The molecule has 0 spiro atoms. The molecular formula is C19H48N2O6Si2. The minimum atomic E-state index is -2.61. The monoisotopic (exact) mass is 456 g/mol. The predicted octanol–water partition coefficient (Wildman–Crippen LogP) is 3.36. The summed E-state index contributed by atoms with van der Waals surface area (Å²) in [6.07, 6.45) is 1.08. The van der Waals surface area contributed by atoms with Crippen molar-refractivity contribution in [2.45, 2.75) is 61.8 Å². The van der Waals surface area contributed by atoms with Gasteiger partial charge in [0.05, 0.1) is 0 Å². The third kappa shape index (κ3) is 11.3. The fourth-order valence-corrected chi connectivity index (χ4v) is 7.66. The first-order valence-electron chi connectivity index (χ1n) is 11.1. The lowest BCUT2D eigenvalue weighted by molar-refractivity contribution is 0.0180. The lowest BCUT2D eigenvalue weighted by atomic mass is 10.5. The molecule has 29 heavy (non-hydrogen) atoms. The molecule has 0 heterocycles. The van der Waals surface area contributed by atoms with E-state index in [0.29, 0.717) is 39.6 Å². The maximum Gasteiger partial charge on any atom is 0.599 e. The van der Waals surface area contributed by atoms with Gasteiger partial charge in [0.2, 0.25) is 0 Å². The lowest BCUT2D eigenvalue weighted by Gasteiger charge is -2.36. The molecule has 178 valence electrons. The second-order valence-electron chi connectivity index (χ2n) is 6.12. The van der Waals surface area contributed by atoms with Gasteiger partial charge in [0.1, 0.15) is 0 Å². The largest absolute Gasteiger partial charge is 0.599 e. The first-order chi connectivity index (χ1) is 13.8. The van der Waals surface area contributed by atoms with Crippen molar-refractivity contribution in [2.75, 3.05) is 66.8 Å². The van der Waals surface area contributed by atoms with Crippen LogP contribution in [0.2, 0.25) is 0 Å². The molecule has 0 saturated carbocycles. The topological polar surface area (TPSA) is 61.9 Å². The van der Waals surface area contributed by atoms with Crippen LogP contribution in [0.1, 0.15) is 61.8 Å². The van der Waals surface area contributed by atoms with Crippen molar-refractivity contribution >= 4 is 17.9 Å². The molecule has 0 N–H and O–H groups in total. The quantitative estimate of drug-likeness (QED) is 0.309.